The summed E-state index contributed by atoms with van der Waals surface area (Å²) in [5, 5.41) is 48.2. The minimum atomic E-state index is -0.467. The fourth-order valence-corrected chi connectivity index (χ4v) is 2.09. The molecule has 0 radical (unpaired) electrons. The van der Waals surface area contributed by atoms with Crippen LogP contribution in [0.25, 0.3) is 0 Å². The molecular weight excluding hydrogens is 494 g/mol. The zero-order chi connectivity index (χ0) is 24.8. The van der Waals surface area contributed by atoms with Gasteiger partial charge in [-0.05, 0) is 39.3 Å². The number of nitrogens with zero attached hydrogens (tertiary/aromatic N) is 3. The van der Waals surface area contributed by atoms with Crippen molar-refractivity contribution in [2.24, 2.45) is 15.5 Å². The number of nitroso groups, excluding NO2 is 3. The van der Waals surface area contributed by atoms with Crippen LogP contribution in [-0.4, -0.2) is 17.7 Å². The van der Waals surface area contributed by atoms with Gasteiger partial charge in [0.2, 0.25) is 0 Å². The maximum absolute atomic E-state index is 10.7. The van der Waals surface area contributed by atoms with E-state index in [0.717, 1.165) is 24.3 Å². The smallest absolute Gasteiger partial charge is 0.871 e. The Bertz CT molecular complexity index is 1090. The number of aliphatic hydroxyl groups is 1. The molecule has 0 aliphatic rings. The summed E-state index contributed by atoms with van der Waals surface area (Å²) in [5.41, 5.74) is 0.457. The van der Waals surface area contributed by atoms with E-state index in [2.05, 4.69) is 15.5 Å². The first-order chi connectivity index (χ1) is 15.8. The number of carbonyl (C=O) groups is 2. The maximum atomic E-state index is 10.7. The average molecular weight is 508 g/mol. The number of hydrogen-bond donors (Lipinski definition) is 1. The molecule has 0 fully saturated rings. The van der Waals surface area contributed by atoms with Crippen molar-refractivity contribution in [3.8, 4) is 17.2 Å². The molecule has 0 saturated carbocycles. The van der Waals surface area contributed by atoms with Crippen LogP contribution in [-0.2, 0) is 23.7 Å². The molecule has 176 valence electrons. The van der Waals surface area contributed by atoms with Crippen molar-refractivity contribution in [1.29, 1.82) is 0 Å². The van der Waals surface area contributed by atoms with Crippen LogP contribution in [0.1, 0.15) is 26.3 Å². The van der Waals surface area contributed by atoms with E-state index in [1.165, 1.54) is 30.3 Å². The van der Waals surface area contributed by atoms with Gasteiger partial charge in [0.25, 0.3) is 0 Å². The van der Waals surface area contributed by atoms with Crippen molar-refractivity contribution in [3.05, 3.63) is 86.0 Å². The number of aldehydes is 2. The summed E-state index contributed by atoms with van der Waals surface area (Å²) in [6.07, 6.45) is 1.10. The summed E-state index contributed by atoms with van der Waals surface area (Å²) in [6, 6.07) is 11.2. The first-order valence-electron chi connectivity index (χ1n) is 8.76. The molecule has 0 bridgehead atoms. The largest absolute Gasteiger partial charge is 2.00 e. The average Bonchev–Trinajstić information content (AvgIpc) is 2.85. The van der Waals surface area contributed by atoms with E-state index in [4.69, 9.17) is 5.11 Å². The molecule has 0 amide bonds. The molecule has 0 aromatic heterocycles. The number of benzene rings is 3. The number of aliphatic hydroxyl groups excluding tert-OH is 1. The zero-order valence-corrected chi connectivity index (χ0v) is 18.1. The van der Waals surface area contributed by atoms with Gasteiger partial charge in [-0.2, -0.15) is 0 Å². The van der Waals surface area contributed by atoms with E-state index < -0.39 is 17.2 Å². The first-order valence-corrected chi connectivity index (χ1v) is 8.76. The number of rotatable bonds is 6. The molecule has 3 aromatic rings. The quantitative estimate of drug-likeness (QED) is 0.294. The van der Waals surface area contributed by atoms with Gasteiger partial charge < -0.3 is 20.4 Å². The van der Waals surface area contributed by atoms with Gasteiger partial charge in [0.15, 0.2) is 0 Å². The van der Waals surface area contributed by atoms with Crippen LogP contribution < -0.4 is 15.3 Å². The molecule has 0 aliphatic carbocycles. The molecule has 12 nitrogen and oxygen atoms in total. The Kier molecular flexibility index (Phi) is 13.5. The van der Waals surface area contributed by atoms with Gasteiger partial charge in [0.1, 0.15) is 29.6 Å². The third-order valence-corrected chi connectivity index (χ3v) is 3.74. The van der Waals surface area contributed by atoms with Gasteiger partial charge in [-0.1, -0.05) is 53.6 Å². The Hall–Kier alpha value is -4.32. The topological polar surface area (TPSA) is 212 Å². The molecule has 0 heterocycles. The molecule has 0 aliphatic heterocycles. The van der Waals surface area contributed by atoms with Crippen LogP contribution in [0, 0.1) is 14.7 Å². The van der Waals surface area contributed by atoms with Crippen LogP contribution in [0.15, 0.2) is 70.1 Å². The minimum Gasteiger partial charge on any atom is -0.871 e. The van der Waals surface area contributed by atoms with E-state index >= 15 is 0 Å². The second-order valence-electron chi connectivity index (χ2n) is 5.92. The van der Waals surface area contributed by atoms with Gasteiger partial charge in [-0.25, -0.2) is 0 Å². The van der Waals surface area contributed by atoms with Gasteiger partial charge in [-0.15, -0.1) is 14.7 Å². The van der Waals surface area contributed by atoms with Crippen molar-refractivity contribution in [1.82, 2.24) is 0 Å². The molecule has 13 heteroatoms. The van der Waals surface area contributed by atoms with Crippen LogP contribution in [0.3, 0.4) is 0 Å². The third kappa shape index (κ3) is 9.04. The van der Waals surface area contributed by atoms with E-state index in [-0.39, 0.29) is 51.9 Å². The fourth-order valence-electron chi connectivity index (χ4n) is 2.09. The molecule has 0 saturated heterocycles. The Labute approximate surface area is 202 Å². The number of hydrogen-bond acceptors (Lipinski definition) is 12. The summed E-state index contributed by atoms with van der Waals surface area (Å²) >= 11 is 0. The second-order valence-corrected chi connectivity index (χ2v) is 5.92. The minimum absolute atomic E-state index is 0. The normalized spacial score (nSPS) is 8.97. The molecule has 0 spiro atoms. The second kappa shape index (κ2) is 15.5. The Morgan fingerprint density at radius 3 is 1.32 bits per heavy atom. The predicted octanol–water partition coefficient (Wildman–Crippen LogP) is 2.59. The maximum Gasteiger partial charge on any atom is 2.00 e. The van der Waals surface area contributed by atoms with Crippen LogP contribution in [0.2, 0.25) is 0 Å². The van der Waals surface area contributed by atoms with Crippen molar-refractivity contribution in [3.63, 3.8) is 0 Å². The van der Waals surface area contributed by atoms with Gasteiger partial charge in [-0.3, -0.25) is 9.59 Å². The summed E-state index contributed by atoms with van der Waals surface area (Å²) in [4.78, 5) is 50.1. The predicted molar refractivity (Wildman–Crippen MR) is 111 cm³/mol. The molecule has 3 aromatic carbocycles. The van der Waals surface area contributed by atoms with E-state index in [0.29, 0.717) is 18.1 Å². The Balaban J connectivity index is 0.000000473. The SMILES string of the molecule is O=Cc1ccc([O-])c(N=O)c1.O=Cc1ccc([O-])c(N=O)c1.O=Nc1cc(CO)ccc1[O-].[Fe+2]. The Morgan fingerprint density at radius 2 is 1.00 bits per heavy atom. The fraction of sp³-hybridized carbons (Fsp3) is 0.0476. The van der Waals surface area contributed by atoms with Crippen LogP contribution in [0.5, 0.6) is 17.2 Å². The number of carbonyl (C=O) groups excluding carboxylic acids is 2. The standard InChI is InChI=1S/C7H7NO3.2C7H5NO3.Fe/c3*9-4-5-1-2-7(10)6(3-5)8-11;/h1-3,9-10H,4H2;2*1-4,10H;/q;;;+2/p-3. The molecule has 0 atom stereocenters. The van der Waals surface area contributed by atoms with Gasteiger partial charge in [0.05, 0.1) is 6.61 Å². The summed E-state index contributed by atoms with van der Waals surface area (Å²) in [7, 11) is 0. The van der Waals surface area contributed by atoms with Crippen molar-refractivity contribution < 1.29 is 47.1 Å². The van der Waals surface area contributed by atoms with E-state index in [1.807, 2.05) is 0 Å². The van der Waals surface area contributed by atoms with Crippen molar-refractivity contribution in [2.45, 2.75) is 6.61 Å². The molecular formula is C21H14FeN3O9-. The molecule has 34 heavy (non-hydrogen) atoms. The third-order valence-electron chi connectivity index (χ3n) is 3.74. The van der Waals surface area contributed by atoms with Gasteiger partial charge >= 0.3 is 17.1 Å². The van der Waals surface area contributed by atoms with Gasteiger partial charge in [0, 0.05) is 11.1 Å². The molecule has 3 rings (SSSR count). The zero-order valence-electron chi connectivity index (χ0n) is 17.0. The van der Waals surface area contributed by atoms with E-state index in [9.17, 15) is 39.6 Å². The van der Waals surface area contributed by atoms with Crippen LogP contribution in [0.4, 0.5) is 17.1 Å². The molecule has 0 unspecified atom stereocenters. The van der Waals surface area contributed by atoms with Crippen molar-refractivity contribution >= 4 is 29.6 Å². The summed E-state index contributed by atoms with van der Waals surface area (Å²) < 4.78 is 0. The van der Waals surface area contributed by atoms with E-state index in [1.54, 1.807) is 0 Å². The molecule has 1 N–H and O–H groups in total. The first kappa shape index (κ1) is 29.7. The van der Waals surface area contributed by atoms with Crippen LogP contribution >= 0.6 is 0 Å². The monoisotopic (exact) mass is 508 g/mol. The van der Waals surface area contributed by atoms with Crippen molar-refractivity contribution in [2.75, 3.05) is 0 Å². The summed E-state index contributed by atoms with van der Waals surface area (Å²) in [5.74, 6) is -1.35. The summed E-state index contributed by atoms with van der Waals surface area (Å²) in [6.45, 7) is -0.192. The Morgan fingerprint density at radius 1 is 0.647 bits per heavy atom.